The summed E-state index contributed by atoms with van der Waals surface area (Å²) in [4.78, 5) is 14.3. The van der Waals surface area contributed by atoms with Gasteiger partial charge >= 0.3 is 5.97 Å². The Bertz CT molecular complexity index is 360. The first-order chi connectivity index (χ1) is 7.44. The summed E-state index contributed by atoms with van der Waals surface area (Å²) in [6.07, 6.45) is 2.08. The maximum absolute atomic E-state index is 10.6. The zero-order valence-corrected chi connectivity index (χ0v) is 9.40. The third-order valence-corrected chi connectivity index (χ3v) is 2.42. The van der Waals surface area contributed by atoms with E-state index in [2.05, 4.69) is 10.3 Å². The van der Waals surface area contributed by atoms with E-state index in [0.717, 1.165) is 0 Å². The molecule has 0 saturated heterocycles. The van der Waals surface area contributed by atoms with Crippen molar-refractivity contribution in [2.24, 2.45) is 0 Å². The summed E-state index contributed by atoms with van der Waals surface area (Å²) in [6.45, 7) is 4.03. The largest absolute Gasteiger partial charge is 0.477 e. The van der Waals surface area contributed by atoms with Crippen molar-refractivity contribution >= 4 is 11.7 Å². The molecule has 3 N–H and O–H groups in total. The number of carboxylic acids is 1. The first kappa shape index (κ1) is 12.4. The van der Waals surface area contributed by atoms with Gasteiger partial charge in [-0.25, -0.2) is 9.78 Å². The van der Waals surface area contributed by atoms with Gasteiger partial charge in [0.2, 0.25) is 0 Å². The van der Waals surface area contributed by atoms with Crippen LogP contribution in [-0.2, 0) is 0 Å². The van der Waals surface area contributed by atoms with Gasteiger partial charge in [-0.3, -0.25) is 0 Å². The number of aromatic carboxylic acids is 1. The number of pyridine rings is 1. The molecule has 0 fully saturated rings. The molecule has 0 aliphatic rings. The van der Waals surface area contributed by atoms with Crippen LogP contribution in [0.25, 0.3) is 0 Å². The van der Waals surface area contributed by atoms with E-state index in [1.54, 1.807) is 13.0 Å². The Morgan fingerprint density at radius 1 is 1.56 bits per heavy atom. The van der Waals surface area contributed by atoms with Crippen LogP contribution in [0.5, 0.6) is 0 Å². The Labute approximate surface area is 94.1 Å². The second-order valence-electron chi connectivity index (χ2n) is 3.94. The lowest BCUT2D eigenvalue weighted by molar-refractivity contribution is 0.0683. The SMILES string of the molecule is CCC(C)(O)CNc1ccc(C(=O)O)nc1. The standard InChI is InChI=1S/C11H16N2O3/c1-3-11(2,16)7-13-8-4-5-9(10(14)15)12-6-8/h4-6,13,16H,3,7H2,1-2H3,(H,14,15). The molecule has 0 aliphatic carbocycles. The van der Waals surface area contributed by atoms with Crippen molar-refractivity contribution in [2.75, 3.05) is 11.9 Å². The predicted octanol–water partition coefficient (Wildman–Crippen LogP) is 1.35. The van der Waals surface area contributed by atoms with E-state index >= 15 is 0 Å². The van der Waals surface area contributed by atoms with Crippen LogP contribution in [0, 0.1) is 0 Å². The second-order valence-corrected chi connectivity index (χ2v) is 3.94. The molecule has 1 atom stereocenters. The van der Waals surface area contributed by atoms with Crippen molar-refractivity contribution in [3.8, 4) is 0 Å². The van der Waals surface area contributed by atoms with E-state index in [1.807, 2.05) is 6.92 Å². The van der Waals surface area contributed by atoms with Gasteiger partial charge in [0.25, 0.3) is 0 Å². The van der Waals surface area contributed by atoms with Crippen LogP contribution in [0.4, 0.5) is 5.69 Å². The molecule has 0 bridgehead atoms. The van der Waals surface area contributed by atoms with Gasteiger partial charge in [-0.15, -0.1) is 0 Å². The van der Waals surface area contributed by atoms with Gasteiger partial charge in [0.05, 0.1) is 17.5 Å². The fourth-order valence-electron chi connectivity index (χ4n) is 1.04. The number of hydrogen-bond donors (Lipinski definition) is 3. The van der Waals surface area contributed by atoms with Crippen LogP contribution in [0.3, 0.4) is 0 Å². The Balaban J connectivity index is 2.59. The number of aliphatic hydroxyl groups is 1. The summed E-state index contributed by atoms with van der Waals surface area (Å²) in [7, 11) is 0. The van der Waals surface area contributed by atoms with Crippen molar-refractivity contribution in [1.29, 1.82) is 0 Å². The van der Waals surface area contributed by atoms with Crippen LogP contribution in [0.1, 0.15) is 30.8 Å². The van der Waals surface area contributed by atoms with Crippen LogP contribution in [-0.4, -0.2) is 33.3 Å². The molecule has 0 amide bonds. The lowest BCUT2D eigenvalue weighted by Crippen LogP contribution is -2.32. The van der Waals surface area contributed by atoms with Crippen molar-refractivity contribution < 1.29 is 15.0 Å². The third-order valence-electron chi connectivity index (χ3n) is 2.42. The Kier molecular flexibility index (Phi) is 3.84. The number of nitrogens with one attached hydrogen (secondary N) is 1. The zero-order chi connectivity index (χ0) is 12.2. The molecule has 5 nitrogen and oxygen atoms in total. The van der Waals surface area contributed by atoms with E-state index < -0.39 is 11.6 Å². The Hall–Kier alpha value is -1.62. The molecule has 1 heterocycles. The number of hydrogen-bond acceptors (Lipinski definition) is 4. The first-order valence-electron chi connectivity index (χ1n) is 5.10. The highest BCUT2D eigenvalue weighted by atomic mass is 16.4. The highest BCUT2D eigenvalue weighted by molar-refractivity contribution is 5.85. The molecule has 1 aromatic heterocycles. The number of nitrogens with zero attached hydrogens (tertiary/aromatic N) is 1. The molecular formula is C11H16N2O3. The number of carboxylic acid groups (broad SMARTS) is 1. The number of rotatable bonds is 5. The van der Waals surface area contributed by atoms with Gasteiger partial charge in [-0.2, -0.15) is 0 Å². The topological polar surface area (TPSA) is 82.5 Å². The zero-order valence-electron chi connectivity index (χ0n) is 9.40. The smallest absolute Gasteiger partial charge is 0.354 e. The summed E-state index contributed by atoms with van der Waals surface area (Å²) in [5.41, 5.74) is -0.0719. The maximum atomic E-state index is 10.6. The molecule has 0 aromatic carbocycles. The highest BCUT2D eigenvalue weighted by Crippen LogP contribution is 2.11. The van der Waals surface area contributed by atoms with Gasteiger partial charge in [0, 0.05) is 6.54 Å². The molecule has 0 spiro atoms. The monoisotopic (exact) mass is 224 g/mol. The Morgan fingerprint density at radius 3 is 2.69 bits per heavy atom. The normalized spacial score (nSPS) is 14.2. The van der Waals surface area contributed by atoms with Gasteiger partial charge in [-0.1, -0.05) is 6.92 Å². The highest BCUT2D eigenvalue weighted by Gasteiger charge is 2.16. The molecule has 0 saturated carbocycles. The van der Waals surface area contributed by atoms with E-state index in [9.17, 15) is 9.90 Å². The maximum Gasteiger partial charge on any atom is 0.354 e. The van der Waals surface area contributed by atoms with E-state index in [4.69, 9.17) is 5.11 Å². The first-order valence-corrected chi connectivity index (χ1v) is 5.10. The van der Waals surface area contributed by atoms with Crippen LogP contribution >= 0.6 is 0 Å². The fourth-order valence-corrected chi connectivity index (χ4v) is 1.04. The van der Waals surface area contributed by atoms with Crippen LogP contribution in [0.15, 0.2) is 18.3 Å². The number of anilines is 1. The average Bonchev–Trinajstić information content (AvgIpc) is 2.27. The average molecular weight is 224 g/mol. The third kappa shape index (κ3) is 3.51. The molecule has 88 valence electrons. The van der Waals surface area contributed by atoms with Crippen LogP contribution in [0.2, 0.25) is 0 Å². The molecule has 1 aromatic rings. The van der Waals surface area contributed by atoms with E-state index in [-0.39, 0.29) is 5.69 Å². The molecular weight excluding hydrogens is 208 g/mol. The van der Waals surface area contributed by atoms with Crippen molar-refractivity contribution in [1.82, 2.24) is 4.98 Å². The van der Waals surface area contributed by atoms with E-state index in [0.29, 0.717) is 18.7 Å². The van der Waals surface area contributed by atoms with Crippen molar-refractivity contribution in [3.63, 3.8) is 0 Å². The van der Waals surface area contributed by atoms with Crippen molar-refractivity contribution in [2.45, 2.75) is 25.9 Å². The molecule has 0 aliphatic heterocycles. The molecule has 5 heteroatoms. The summed E-state index contributed by atoms with van der Waals surface area (Å²) in [5, 5.41) is 21.4. The molecule has 1 unspecified atom stereocenters. The minimum atomic E-state index is -1.05. The Morgan fingerprint density at radius 2 is 2.25 bits per heavy atom. The summed E-state index contributed by atoms with van der Waals surface area (Å²) < 4.78 is 0. The molecule has 1 rings (SSSR count). The number of carbonyl (C=O) groups is 1. The van der Waals surface area contributed by atoms with Gasteiger partial charge < -0.3 is 15.5 Å². The van der Waals surface area contributed by atoms with Crippen LogP contribution < -0.4 is 5.32 Å². The van der Waals surface area contributed by atoms with Gasteiger partial charge in [0.15, 0.2) is 0 Å². The fraction of sp³-hybridized carbons (Fsp3) is 0.455. The summed E-state index contributed by atoms with van der Waals surface area (Å²) in [5.74, 6) is -1.05. The lowest BCUT2D eigenvalue weighted by Gasteiger charge is -2.22. The molecule has 0 radical (unpaired) electrons. The number of aromatic nitrogens is 1. The second kappa shape index (κ2) is 4.94. The van der Waals surface area contributed by atoms with Gasteiger partial charge in [0.1, 0.15) is 5.69 Å². The molecule has 16 heavy (non-hydrogen) atoms. The minimum Gasteiger partial charge on any atom is -0.477 e. The van der Waals surface area contributed by atoms with Crippen molar-refractivity contribution in [3.05, 3.63) is 24.0 Å². The predicted molar refractivity (Wildman–Crippen MR) is 60.6 cm³/mol. The summed E-state index contributed by atoms with van der Waals surface area (Å²) >= 11 is 0. The quantitative estimate of drug-likeness (QED) is 0.703. The van der Waals surface area contributed by atoms with E-state index in [1.165, 1.54) is 12.3 Å². The lowest BCUT2D eigenvalue weighted by atomic mass is 10.0. The van der Waals surface area contributed by atoms with Gasteiger partial charge in [-0.05, 0) is 25.5 Å². The summed E-state index contributed by atoms with van der Waals surface area (Å²) in [6, 6.07) is 3.05. The minimum absolute atomic E-state index is 0.00722.